The first-order chi connectivity index (χ1) is 12.6. The fourth-order valence-electron chi connectivity index (χ4n) is 2.48. The highest BCUT2D eigenvalue weighted by Crippen LogP contribution is 2.29. The monoisotopic (exact) mass is 370 g/mol. The van der Waals surface area contributed by atoms with Gasteiger partial charge in [0, 0.05) is 10.5 Å². The number of aryl methyl sites for hydroxylation is 1. The fourth-order valence-corrected chi connectivity index (χ4v) is 3.04. The van der Waals surface area contributed by atoms with Crippen LogP contribution >= 0.6 is 11.9 Å². The zero-order valence-corrected chi connectivity index (χ0v) is 14.7. The summed E-state index contributed by atoms with van der Waals surface area (Å²) >= 11 is 1.13. The summed E-state index contributed by atoms with van der Waals surface area (Å²) in [4.78, 5) is 15.8. The molecule has 0 atom stereocenters. The van der Waals surface area contributed by atoms with Crippen LogP contribution in [0.5, 0.6) is 0 Å². The van der Waals surface area contributed by atoms with E-state index < -0.39 is 23.1 Å². The number of rotatable bonds is 5. The molecule has 0 saturated carbocycles. The van der Waals surface area contributed by atoms with Crippen LogP contribution in [0.3, 0.4) is 0 Å². The van der Waals surface area contributed by atoms with Gasteiger partial charge in [0.05, 0.1) is 0 Å². The molecule has 0 heterocycles. The molecule has 132 valence electrons. The average Bonchev–Trinajstić information content (AvgIpc) is 2.66. The summed E-state index contributed by atoms with van der Waals surface area (Å²) in [6, 6.07) is 19.4. The first-order valence-corrected chi connectivity index (χ1v) is 8.71. The van der Waals surface area contributed by atoms with Crippen molar-refractivity contribution in [2.45, 2.75) is 11.8 Å². The molecule has 0 saturated heterocycles. The lowest BCUT2D eigenvalue weighted by Gasteiger charge is -2.13. The highest BCUT2D eigenvalue weighted by Gasteiger charge is 2.23. The highest BCUT2D eigenvalue weighted by molar-refractivity contribution is 7.97. The maximum absolute atomic E-state index is 14.9. The minimum Gasteiger partial charge on any atom is -0.277 e. The normalized spacial score (nSPS) is 10.6. The standard InChI is InChI=1S/C20H16F2N2OS/c1-13-12-16(14-8-4-2-5-9-14)19(22)17(18(13)21)20(25)23-24-26-15-10-6-3-7-11-15/h2-12,24H,1H3,(H,23,25). The molecule has 3 nitrogen and oxygen atoms in total. The Kier molecular flexibility index (Phi) is 5.65. The van der Waals surface area contributed by atoms with Gasteiger partial charge >= 0.3 is 0 Å². The molecule has 0 unspecified atom stereocenters. The number of halogens is 2. The minimum absolute atomic E-state index is 0.186. The predicted molar refractivity (Wildman–Crippen MR) is 99.4 cm³/mol. The maximum atomic E-state index is 14.9. The molecule has 0 aliphatic carbocycles. The number of nitrogens with one attached hydrogen (secondary N) is 2. The second kappa shape index (κ2) is 8.12. The van der Waals surface area contributed by atoms with E-state index in [4.69, 9.17) is 0 Å². The van der Waals surface area contributed by atoms with E-state index in [-0.39, 0.29) is 11.1 Å². The van der Waals surface area contributed by atoms with Gasteiger partial charge in [0.15, 0.2) is 0 Å². The van der Waals surface area contributed by atoms with Crippen LogP contribution in [0.15, 0.2) is 71.6 Å². The third-order valence-corrected chi connectivity index (χ3v) is 4.48. The van der Waals surface area contributed by atoms with E-state index in [9.17, 15) is 13.6 Å². The van der Waals surface area contributed by atoms with Gasteiger partial charge in [-0.05, 0) is 48.2 Å². The Morgan fingerprint density at radius 1 is 0.923 bits per heavy atom. The third kappa shape index (κ3) is 3.92. The molecule has 0 spiro atoms. The molecule has 0 bridgehead atoms. The molecule has 3 aromatic carbocycles. The van der Waals surface area contributed by atoms with Crippen molar-refractivity contribution in [1.29, 1.82) is 0 Å². The first kappa shape index (κ1) is 18.1. The summed E-state index contributed by atoms with van der Waals surface area (Å²) in [5, 5.41) is 0. The fraction of sp³-hybridized carbons (Fsp3) is 0.0500. The van der Waals surface area contributed by atoms with Crippen molar-refractivity contribution in [3.05, 3.63) is 89.5 Å². The van der Waals surface area contributed by atoms with Gasteiger partial charge in [0.25, 0.3) is 5.91 Å². The molecule has 0 aromatic heterocycles. The molecular weight excluding hydrogens is 354 g/mol. The Bertz CT molecular complexity index is 918. The number of carbonyl (C=O) groups excluding carboxylic acids is 1. The van der Waals surface area contributed by atoms with E-state index in [0.717, 1.165) is 16.8 Å². The molecule has 6 heteroatoms. The van der Waals surface area contributed by atoms with E-state index in [1.165, 1.54) is 13.0 Å². The molecule has 2 N–H and O–H groups in total. The van der Waals surface area contributed by atoms with Crippen LogP contribution in [0.2, 0.25) is 0 Å². The smallest absolute Gasteiger partial charge is 0.272 e. The second-order valence-electron chi connectivity index (χ2n) is 5.58. The topological polar surface area (TPSA) is 41.1 Å². The van der Waals surface area contributed by atoms with E-state index in [1.54, 1.807) is 30.3 Å². The van der Waals surface area contributed by atoms with E-state index in [0.29, 0.717) is 5.56 Å². The molecule has 0 aliphatic rings. The van der Waals surface area contributed by atoms with Crippen molar-refractivity contribution in [2.24, 2.45) is 0 Å². The van der Waals surface area contributed by atoms with Crippen LogP contribution in [0.25, 0.3) is 11.1 Å². The van der Waals surface area contributed by atoms with Crippen molar-refractivity contribution in [2.75, 3.05) is 0 Å². The predicted octanol–water partition coefficient (Wildman–Crippen LogP) is 4.88. The molecule has 3 aromatic rings. The minimum atomic E-state index is -0.886. The van der Waals surface area contributed by atoms with Gasteiger partial charge in [0.2, 0.25) is 0 Å². The summed E-state index contributed by atoms with van der Waals surface area (Å²) in [6.45, 7) is 1.50. The van der Waals surface area contributed by atoms with Crippen LogP contribution in [-0.2, 0) is 0 Å². The molecular formula is C20H16F2N2OS. The summed E-state index contributed by atoms with van der Waals surface area (Å²) < 4.78 is 29.3. The van der Waals surface area contributed by atoms with Crippen molar-refractivity contribution in [3.63, 3.8) is 0 Å². The summed E-state index contributed by atoms with van der Waals surface area (Å²) in [5.74, 6) is -2.63. The number of carbonyl (C=O) groups is 1. The second-order valence-corrected chi connectivity index (χ2v) is 6.46. The Labute approximate surface area is 154 Å². The zero-order valence-electron chi connectivity index (χ0n) is 13.9. The van der Waals surface area contributed by atoms with Gasteiger partial charge in [0.1, 0.15) is 17.2 Å². The number of hydrogen-bond acceptors (Lipinski definition) is 3. The lowest BCUT2D eigenvalue weighted by Crippen LogP contribution is -2.34. The Hall–Kier alpha value is -2.70. The Balaban J connectivity index is 1.84. The number of hydrogen-bond donors (Lipinski definition) is 2. The lowest BCUT2D eigenvalue weighted by molar-refractivity contribution is 0.0938. The zero-order chi connectivity index (χ0) is 18.5. The third-order valence-electron chi connectivity index (χ3n) is 3.77. The van der Waals surface area contributed by atoms with Crippen LogP contribution in [0.1, 0.15) is 15.9 Å². The SMILES string of the molecule is Cc1cc(-c2ccccc2)c(F)c(C(=O)NNSc2ccccc2)c1F. The molecule has 3 rings (SSSR count). The van der Waals surface area contributed by atoms with Crippen molar-refractivity contribution < 1.29 is 13.6 Å². The first-order valence-electron chi connectivity index (χ1n) is 7.89. The van der Waals surface area contributed by atoms with Gasteiger partial charge in [-0.25, -0.2) is 8.78 Å². The van der Waals surface area contributed by atoms with Crippen molar-refractivity contribution in [1.82, 2.24) is 10.3 Å². The summed E-state index contributed by atoms with van der Waals surface area (Å²) in [7, 11) is 0. The highest BCUT2D eigenvalue weighted by atomic mass is 32.2. The largest absolute Gasteiger partial charge is 0.277 e. The molecule has 0 radical (unpaired) electrons. The van der Waals surface area contributed by atoms with Crippen LogP contribution in [0.4, 0.5) is 8.78 Å². The van der Waals surface area contributed by atoms with Gasteiger partial charge in [-0.2, -0.15) is 4.83 Å². The van der Waals surface area contributed by atoms with Crippen LogP contribution in [-0.4, -0.2) is 5.91 Å². The van der Waals surface area contributed by atoms with Crippen LogP contribution < -0.4 is 10.3 Å². The summed E-state index contributed by atoms with van der Waals surface area (Å²) in [6.07, 6.45) is 0. The summed E-state index contributed by atoms with van der Waals surface area (Å²) in [5.41, 5.74) is 2.69. The quantitative estimate of drug-likeness (QED) is 0.497. The van der Waals surface area contributed by atoms with Gasteiger partial charge in [-0.1, -0.05) is 48.5 Å². The van der Waals surface area contributed by atoms with E-state index >= 15 is 0 Å². The van der Waals surface area contributed by atoms with Gasteiger partial charge < -0.3 is 0 Å². The Morgan fingerprint density at radius 3 is 2.19 bits per heavy atom. The maximum Gasteiger partial charge on any atom is 0.272 e. The number of amides is 1. The lowest BCUT2D eigenvalue weighted by atomic mass is 9.98. The van der Waals surface area contributed by atoms with E-state index in [1.807, 2.05) is 30.3 Å². The number of hydrazine groups is 1. The molecule has 26 heavy (non-hydrogen) atoms. The number of benzene rings is 3. The van der Waals surface area contributed by atoms with Gasteiger partial charge in [-0.15, -0.1) is 0 Å². The van der Waals surface area contributed by atoms with Gasteiger partial charge in [-0.3, -0.25) is 10.2 Å². The molecule has 1 amide bonds. The molecule has 0 aliphatic heterocycles. The average molecular weight is 370 g/mol. The van der Waals surface area contributed by atoms with Crippen molar-refractivity contribution >= 4 is 17.9 Å². The van der Waals surface area contributed by atoms with Crippen LogP contribution in [0, 0.1) is 18.6 Å². The molecule has 0 fully saturated rings. The van der Waals surface area contributed by atoms with Crippen molar-refractivity contribution in [3.8, 4) is 11.1 Å². The Morgan fingerprint density at radius 2 is 1.54 bits per heavy atom. The van der Waals surface area contributed by atoms with E-state index in [2.05, 4.69) is 10.3 Å².